The largest absolute Gasteiger partial charge is 0.355 e. The molecular formula is C20H28N4O2. The summed E-state index contributed by atoms with van der Waals surface area (Å²) in [5, 5.41) is 6.06. The topological polar surface area (TPSA) is 76.0 Å². The summed E-state index contributed by atoms with van der Waals surface area (Å²) in [6.07, 6.45) is 5.14. The van der Waals surface area contributed by atoms with Crippen LogP contribution in [0.3, 0.4) is 0 Å². The molecule has 2 aromatic rings. The van der Waals surface area contributed by atoms with Gasteiger partial charge in [-0.2, -0.15) is 0 Å². The second-order valence-electron chi connectivity index (χ2n) is 7.35. The van der Waals surface area contributed by atoms with E-state index in [2.05, 4.69) is 15.6 Å². The highest BCUT2D eigenvalue weighted by Gasteiger charge is 2.19. The number of benzene rings is 1. The minimum absolute atomic E-state index is 0.0339. The molecule has 6 nitrogen and oxygen atoms in total. The standard InChI is InChI=1S/C20H28N4O2/c1-14(2)20(26)21-12-11-18-23-16-9-5-6-10-17(16)24(18)13-19(25)22-15-7-3-4-8-15/h5-6,9-10,14-15H,3-4,7-8,11-13H2,1-2H3,(H,21,26)(H,22,25). The van der Waals surface area contributed by atoms with E-state index in [1.807, 2.05) is 42.7 Å². The minimum Gasteiger partial charge on any atom is -0.355 e. The van der Waals surface area contributed by atoms with Crippen LogP contribution in [0.5, 0.6) is 0 Å². The molecule has 1 saturated carbocycles. The number of nitrogens with one attached hydrogen (secondary N) is 2. The number of amides is 2. The smallest absolute Gasteiger partial charge is 0.240 e. The third-order valence-electron chi connectivity index (χ3n) is 4.93. The lowest BCUT2D eigenvalue weighted by Crippen LogP contribution is -2.35. The van der Waals surface area contributed by atoms with Gasteiger partial charge in [-0.25, -0.2) is 4.98 Å². The zero-order chi connectivity index (χ0) is 18.5. The Morgan fingerprint density at radius 2 is 1.96 bits per heavy atom. The van der Waals surface area contributed by atoms with Crippen molar-refractivity contribution in [1.82, 2.24) is 20.2 Å². The van der Waals surface area contributed by atoms with E-state index in [9.17, 15) is 9.59 Å². The molecule has 140 valence electrons. The van der Waals surface area contributed by atoms with Crippen LogP contribution in [-0.2, 0) is 22.6 Å². The number of fused-ring (bicyclic) bond motifs is 1. The Morgan fingerprint density at radius 1 is 1.23 bits per heavy atom. The van der Waals surface area contributed by atoms with Gasteiger partial charge in [0, 0.05) is 24.9 Å². The van der Waals surface area contributed by atoms with Gasteiger partial charge >= 0.3 is 0 Å². The third kappa shape index (κ3) is 4.42. The van der Waals surface area contributed by atoms with Crippen LogP contribution in [0.25, 0.3) is 11.0 Å². The summed E-state index contributed by atoms with van der Waals surface area (Å²) in [6.45, 7) is 4.53. The molecule has 1 aromatic carbocycles. The first-order valence-corrected chi connectivity index (χ1v) is 9.56. The molecule has 2 amide bonds. The molecule has 1 fully saturated rings. The molecule has 2 N–H and O–H groups in total. The SMILES string of the molecule is CC(C)C(=O)NCCc1nc2ccccc2n1CC(=O)NC1CCCC1. The first kappa shape index (κ1) is 18.4. The van der Waals surface area contributed by atoms with Crippen LogP contribution >= 0.6 is 0 Å². The van der Waals surface area contributed by atoms with Crippen LogP contribution in [0.4, 0.5) is 0 Å². The van der Waals surface area contributed by atoms with E-state index in [1.165, 1.54) is 12.8 Å². The van der Waals surface area contributed by atoms with E-state index in [4.69, 9.17) is 0 Å². The zero-order valence-corrected chi connectivity index (χ0v) is 15.6. The quantitative estimate of drug-likeness (QED) is 0.800. The molecule has 3 rings (SSSR count). The monoisotopic (exact) mass is 356 g/mol. The second-order valence-corrected chi connectivity index (χ2v) is 7.35. The van der Waals surface area contributed by atoms with Crippen molar-refractivity contribution < 1.29 is 9.59 Å². The van der Waals surface area contributed by atoms with E-state index in [1.54, 1.807) is 0 Å². The fourth-order valence-electron chi connectivity index (χ4n) is 3.48. The number of hydrogen-bond acceptors (Lipinski definition) is 3. The van der Waals surface area contributed by atoms with Crippen molar-refractivity contribution in [1.29, 1.82) is 0 Å². The van der Waals surface area contributed by atoms with Gasteiger partial charge in [0.1, 0.15) is 12.4 Å². The number of rotatable bonds is 7. The Kier molecular flexibility index (Phi) is 5.91. The number of hydrogen-bond donors (Lipinski definition) is 2. The number of nitrogens with zero attached hydrogens (tertiary/aromatic N) is 2. The first-order valence-electron chi connectivity index (χ1n) is 9.56. The lowest BCUT2D eigenvalue weighted by atomic mass is 10.2. The van der Waals surface area contributed by atoms with Gasteiger partial charge in [0.25, 0.3) is 0 Å². The predicted octanol–water partition coefficient (Wildman–Crippen LogP) is 2.41. The van der Waals surface area contributed by atoms with Crippen molar-refractivity contribution in [2.45, 2.75) is 58.5 Å². The Labute approximate surface area is 154 Å². The van der Waals surface area contributed by atoms with Gasteiger partial charge < -0.3 is 15.2 Å². The van der Waals surface area contributed by atoms with Crippen LogP contribution in [0.15, 0.2) is 24.3 Å². The number of aromatic nitrogens is 2. The number of carbonyl (C=O) groups is 2. The van der Waals surface area contributed by atoms with Crippen molar-refractivity contribution in [3.8, 4) is 0 Å². The van der Waals surface area contributed by atoms with Crippen molar-refractivity contribution in [2.24, 2.45) is 5.92 Å². The van der Waals surface area contributed by atoms with Gasteiger partial charge in [0.2, 0.25) is 11.8 Å². The maximum atomic E-state index is 12.5. The fourth-order valence-corrected chi connectivity index (χ4v) is 3.48. The van der Waals surface area contributed by atoms with Gasteiger partial charge in [-0.15, -0.1) is 0 Å². The summed E-state index contributed by atoms with van der Waals surface area (Å²) in [7, 11) is 0. The number of para-hydroxylation sites is 2. The highest BCUT2D eigenvalue weighted by atomic mass is 16.2. The molecule has 0 saturated heterocycles. The predicted molar refractivity (Wildman–Crippen MR) is 102 cm³/mol. The Balaban J connectivity index is 1.71. The van der Waals surface area contributed by atoms with Crippen molar-refractivity contribution in [3.05, 3.63) is 30.1 Å². The maximum Gasteiger partial charge on any atom is 0.240 e. The average Bonchev–Trinajstić information content (AvgIpc) is 3.23. The van der Waals surface area contributed by atoms with Gasteiger partial charge in [-0.1, -0.05) is 38.8 Å². The molecule has 0 atom stereocenters. The van der Waals surface area contributed by atoms with E-state index < -0.39 is 0 Å². The van der Waals surface area contributed by atoms with Crippen LogP contribution in [0, 0.1) is 5.92 Å². The molecule has 0 radical (unpaired) electrons. The van der Waals surface area contributed by atoms with Crippen LogP contribution in [0.2, 0.25) is 0 Å². The molecule has 0 bridgehead atoms. The van der Waals surface area contributed by atoms with Crippen molar-refractivity contribution in [2.75, 3.05) is 6.54 Å². The van der Waals surface area contributed by atoms with E-state index in [-0.39, 0.29) is 24.3 Å². The number of carbonyl (C=O) groups excluding carboxylic acids is 2. The van der Waals surface area contributed by atoms with E-state index in [0.717, 1.165) is 29.7 Å². The molecule has 0 spiro atoms. The van der Waals surface area contributed by atoms with E-state index >= 15 is 0 Å². The maximum absolute atomic E-state index is 12.5. The first-order chi connectivity index (χ1) is 12.5. The molecule has 26 heavy (non-hydrogen) atoms. The Morgan fingerprint density at radius 3 is 2.69 bits per heavy atom. The van der Waals surface area contributed by atoms with Crippen LogP contribution < -0.4 is 10.6 Å². The molecule has 0 aliphatic heterocycles. The average molecular weight is 356 g/mol. The van der Waals surface area contributed by atoms with Crippen LogP contribution in [0.1, 0.15) is 45.4 Å². The second kappa shape index (κ2) is 8.34. The van der Waals surface area contributed by atoms with Gasteiger partial charge in [-0.05, 0) is 25.0 Å². The summed E-state index contributed by atoms with van der Waals surface area (Å²) >= 11 is 0. The van der Waals surface area contributed by atoms with E-state index in [0.29, 0.717) is 19.0 Å². The lowest BCUT2D eigenvalue weighted by molar-refractivity contribution is -0.124. The Hall–Kier alpha value is -2.37. The highest BCUT2D eigenvalue weighted by molar-refractivity contribution is 5.81. The minimum atomic E-state index is -0.0361. The Bertz CT molecular complexity index is 775. The summed E-state index contributed by atoms with van der Waals surface area (Å²) < 4.78 is 1.97. The van der Waals surface area contributed by atoms with Gasteiger partial charge in [0.15, 0.2) is 0 Å². The van der Waals surface area contributed by atoms with Crippen LogP contribution in [-0.4, -0.2) is 34.0 Å². The molecule has 0 unspecified atom stereocenters. The summed E-state index contributed by atoms with van der Waals surface area (Å²) in [5.41, 5.74) is 1.84. The molecule has 1 aromatic heterocycles. The zero-order valence-electron chi connectivity index (χ0n) is 15.6. The van der Waals surface area contributed by atoms with Gasteiger partial charge in [0.05, 0.1) is 11.0 Å². The normalized spacial score (nSPS) is 14.9. The summed E-state index contributed by atoms with van der Waals surface area (Å²) in [6, 6.07) is 8.16. The summed E-state index contributed by atoms with van der Waals surface area (Å²) in [4.78, 5) is 28.9. The summed E-state index contributed by atoms with van der Waals surface area (Å²) in [5.74, 6) is 0.863. The molecule has 1 heterocycles. The lowest BCUT2D eigenvalue weighted by Gasteiger charge is -2.14. The molecule has 1 aliphatic rings. The third-order valence-corrected chi connectivity index (χ3v) is 4.93. The molecular weight excluding hydrogens is 328 g/mol. The molecule has 1 aliphatic carbocycles. The highest BCUT2D eigenvalue weighted by Crippen LogP contribution is 2.19. The van der Waals surface area contributed by atoms with Crippen molar-refractivity contribution in [3.63, 3.8) is 0 Å². The number of imidazole rings is 1. The fraction of sp³-hybridized carbons (Fsp3) is 0.550. The van der Waals surface area contributed by atoms with Gasteiger partial charge in [-0.3, -0.25) is 9.59 Å². The molecule has 6 heteroatoms. The van der Waals surface area contributed by atoms with Crippen molar-refractivity contribution >= 4 is 22.8 Å².